The van der Waals surface area contributed by atoms with Gasteiger partial charge in [0.05, 0.1) is 0 Å². The Balaban J connectivity index is 2.31. The Kier molecular flexibility index (Phi) is 5.00. The number of nitrogens with zero attached hydrogens (tertiary/aromatic N) is 1. The minimum atomic E-state index is 0.447. The van der Waals surface area contributed by atoms with Crippen molar-refractivity contribution in [2.45, 2.75) is 45.1 Å². The van der Waals surface area contributed by atoms with Gasteiger partial charge in [-0.1, -0.05) is 31.5 Å². The first kappa shape index (κ1) is 14.5. The summed E-state index contributed by atoms with van der Waals surface area (Å²) in [6, 6.07) is 7.57. The van der Waals surface area contributed by atoms with E-state index in [1.54, 1.807) is 11.1 Å². The fourth-order valence-corrected chi connectivity index (χ4v) is 3.45. The molecule has 0 radical (unpaired) electrons. The largest absolute Gasteiger partial charge is 0.330 e. The van der Waals surface area contributed by atoms with E-state index in [-0.39, 0.29) is 0 Å². The summed E-state index contributed by atoms with van der Waals surface area (Å²) in [5.41, 5.74) is 10.6. The van der Waals surface area contributed by atoms with Gasteiger partial charge < -0.3 is 10.6 Å². The number of fused-ring (bicyclic) bond motifs is 1. The van der Waals surface area contributed by atoms with Crippen molar-refractivity contribution < 1.29 is 0 Å². The van der Waals surface area contributed by atoms with Crippen LogP contribution in [-0.4, -0.2) is 25.5 Å². The van der Waals surface area contributed by atoms with Crippen LogP contribution in [0, 0.1) is 5.92 Å². The normalized spacial score (nSPS) is 18.2. The maximum atomic E-state index is 5.97. The Labute approximate surface area is 118 Å². The van der Waals surface area contributed by atoms with Crippen LogP contribution in [0.5, 0.6) is 0 Å². The number of aryl methyl sites for hydroxylation is 2. The van der Waals surface area contributed by atoms with Crippen molar-refractivity contribution >= 4 is 0 Å². The molecular formula is C17H28N2. The molecule has 1 aliphatic carbocycles. The molecule has 1 aliphatic rings. The Bertz CT molecular complexity index is 408. The van der Waals surface area contributed by atoms with E-state index in [2.05, 4.69) is 44.1 Å². The summed E-state index contributed by atoms with van der Waals surface area (Å²) < 4.78 is 0. The molecule has 0 saturated heterocycles. The van der Waals surface area contributed by atoms with E-state index < -0.39 is 0 Å². The monoisotopic (exact) mass is 260 g/mol. The van der Waals surface area contributed by atoms with Gasteiger partial charge in [-0.15, -0.1) is 0 Å². The third kappa shape index (κ3) is 3.18. The molecule has 19 heavy (non-hydrogen) atoms. The molecule has 0 fully saturated rings. The van der Waals surface area contributed by atoms with Gasteiger partial charge in [0.2, 0.25) is 0 Å². The third-order valence-corrected chi connectivity index (χ3v) is 4.54. The molecule has 2 nitrogen and oxygen atoms in total. The summed E-state index contributed by atoms with van der Waals surface area (Å²) in [5.74, 6) is 0.539. The summed E-state index contributed by atoms with van der Waals surface area (Å²) in [6.07, 6.45) is 6.34. The van der Waals surface area contributed by atoms with Crippen molar-refractivity contribution in [3.05, 3.63) is 34.9 Å². The van der Waals surface area contributed by atoms with Gasteiger partial charge in [0, 0.05) is 6.04 Å². The molecule has 2 unspecified atom stereocenters. The van der Waals surface area contributed by atoms with Crippen LogP contribution in [0.3, 0.4) is 0 Å². The maximum absolute atomic E-state index is 5.97. The first-order chi connectivity index (χ1) is 9.17. The zero-order chi connectivity index (χ0) is 13.8. The maximum Gasteiger partial charge on any atom is 0.0382 e. The Morgan fingerprint density at radius 3 is 2.42 bits per heavy atom. The minimum Gasteiger partial charge on any atom is -0.330 e. The molecule has 1 aromatic carbocycles. The lowest BCUT2D eigenvalue weighted by Crippen LogP contribution is -2.32. The van der Waals surface area contributed by atoms with E-state index >= 15 is 0 Å². The quantitative estimate of drug-likeness (QED) is 0.881. The molecule has 0 bridgehead atoms. The average Bonchev–Trinajstić information content (AvgIpc) is 2.43. The second-order valence-corrected chi connectivity index (χ2v) is 6.05. The van der Waals surface area contributed by atoms with Crippen LogP contribution in [0.15, 0.2) is 18.2 Å². The topological polar surface area (TPSA) is 29.3 Å². The van der Waals surface area contributed by atoms with Crippen molar-refractivity contribution in [2.75, 3.05) is 20.6 Å². The predicted octanol–water partition coefficient (Wildman–Crippen LogP) is 3.15. The van der Waals surface area contributed by atoms with E-state index in [1.807, 2.05) is 0 Å². The van der Waals surface area contributed by atoms with Crippen molar-refractivity contribution in [2.24, 2.45) is 11.7 Å². The molecule has 0 amide bonds. The van der Waals surface area contributed by atoms with Crippen molar-refractivity contribution in [3.8, 4) is 0 Å². The van der Waals surface area contributed by atoms with Gasteiger partial charge in [-0.25, -0.2) is 0 Å². The molecule has 2 N–H and O–H groups in total. The number of benzene rings is 1. The number of hydrogen-bond acceptors (Lipinski definition) is 2. The summed E-state index contributed by atoms with van der Waals surface area (Å²) >= 11 is 0. The second kappa shape index (κ2) is 6.53. The molecule has 0 saturated carbocycles. The standard InChI is InChI=1S/C17H28N2/c1-4-13(12-18)17(19(2)3)16-10-9-14-7-5-6-8-15(14)11-16/h9-11,13,17H,4-8,12,18H2,1-3H3. The van der Waals surface area contributed by atoms with E-state index in [9.17, 15) is 0 Å². The van der Waals surface area contributed by atoms with E-state index in [0.717, 1.165) is 13.0 Å². The molecule has 2 atom stereocenters. The van der Waals surface area contributed by atoms with Crippen molar-refractivity contribution in [1.82, 2.24) is 4.90 Å². The molecule has 2 rings (SSSR count). The summed E-state index contributed by atoms with van der Waals surface area (Å²) in [4.78, 5) is 2.32. The van der Waals surface area contributed by atoms with Gasteiger partial charge in [0.1, 0.15) is 0 Å². The molecule has 0 heterocycles. The zero-order valence-corrected chi connectivity index (χ0v) is 12.7. The van der Waals surface area contributed by atoms with Gasteiger partial charge in [0.15, 0.2) is 0 Å². The van der Waals surface area contributed by atoms with Crippen LogP contribution in [-0.2, 0) is 12.8 Å². The van der Waals surface area contributed by atoms with Crippen LogP contribution in [0.4, 0.5) is 0 Å². The highest BCUT2D eigenvalue weighted by Crippen LogP contribution is 2.31. The Morgan fingerprint density at radius 2 is 1.84 bits per heavy atom. The minimum absolute atomic E-state index is 0.447. The first-order valence-corrected chi connectivity index (χ1v) is 7.65. The molecule has 106 valence electrons. The SMILES string of the molecule is CCC(CN)C(c1ccc2c(c1)CCCC2)N(C)C. The fourth-order valence-electron chi connectivity index (χ4n) is 3.45. The zero-order valence-electron chi connectivity index (χ0n) is 12.7. The lowest BCUT2D eigenvalue weighted by atomic mass is 9.85. The van der Waals surface area contributed by atoms with Gasteiger partial charge in [0.25, 0.3) is 0 Å². The lowest BCUT2D eigenvalue weighted by Gasteiger charge is -2.32. The average molecular weight is 260 g/mol. The van der Waals surface area contributed by atoms with Gasteiger partial charge >= 0.3 is 0 Å². The van der Waals surface area contributed by atoms with Crippen LogP contribution >= 0.6 is 0 Å². The fraction of sp³-hybridized carbons (Fsp3) is 0.647. The van der Waals surface area contributed by atoms with E-state index in [4.69, 9.17) is 5.73 Å². The second-order valence-electron chi connectivity index (χ2n) is 6.05. The number of nitrogens with two attached hydrogens (primary N) is 1. The Morgan fingerprint density at radius 1 is 1.16 bits per heavy atom. The number of hydrogen-bond donors (Lipinski definition) is 1. The first-order valence-electron chi connectivity index (χ1n) is 7.65. The Hall–Kier alpha value is -0.860. The molecule has 0 aliphatic heterocycles. The highest BCUT2D eigenvalue weighted by Gasteiger charge is 2.23. The van der Waals surface area contributed by atoms with Crippen molar-refractivity contribution in [1.29, 1.82) is 0 Å². The van der Waals surface area contributed by atoms with Gasteiger partial charge in [-0.2, -0.15) is 0 Å². The van der Waals surface area contributed by atoms with E-state index in [1.165, 1.54) is 31.2 Å². The van der Waals surface area contributed by atoms with Gasteiger partial charge in [-0.3, -0.25) is 0 Å². The van der Waals surface area contributed by atoms with E-state index in [0.29, 0.717) is 12.0 Å². The van der Waals surface area contributed by atoms with Crippen LogP contribution in [0.2, 0.25) is 0 Å². The van der Waals surface area contributed by atoms with Crippen molar-refractivity contribution in [3.63, 3.8) is 0 Å². The van der Waals surface area contributed by atoms with Crippen LogP contribution in [0.1, 0.15) is 48.9 Å². The smallest absolute Gasteiger partial charge is 0.0382 e. The molecule has 0 spiro atoms. The van der Waals surface area contributed by atoms with Crippen LogP contribution < -0.4 is 5.73 Å². The molecular weight excluding hydrogens is 232 g/mol. The molecule has 2 heteroatoms. The van der Waals surface area contributed by atoms with Gasteiger partial charge in [-0.05, 0) is 68.9 Å². The highest BCUT2D eigenvalue weighted by molar-refractivity contribution is 5.35. The molecule has 0 aromatic heterocycles. The van der Waals surface area contributed by atoms with Crippen LogP contribution in [0.25, 0.3) is 0 Å². The highest BCUT2D eigenvalue weighted by atomic mass is 15.1. The molecule has 1 aromatic rings. The summed E-state index contributed by atoms with van der Waals surface area (Å²) in [7, 11) is 4.34. The number of rotatable bonds is 5. The summed E-state index contributed by atoms with van der Waals surface area (Å²) in [5, 5.41) is 0. The third-order valence-electron chi connectivity index (χ3n) is 4.54. The predicted molar refractivity (Wildman–Crippen MR) is 82.3 cm³/mol. The lowest BCUT2D eigenvalue weighted by molar-refractivity contribution is 0.211. The summed E-state index contributed by atoms with van der Waals surface area (Å²) in [6.45, 7) is 3.00.